The van der Waals surface area contributed by atoms with Crippen LogP contribution in [0, 0.1) is 0 Å². The van der Waals surface area contributed by atoms with Crippen molar-refractivity contribution in [2.75, 3.05) is 13.2 Å². The molecule has 0 rings (SSSR count). The predicted molar refractivity (Wildman–Crippen MR) is 362 cm³/mol. The van der Waals surface area contributed by atoms with Gasteiger partial charge in [-0.05, 0) is 109 Å². The van der Waals surface area contributed by atoms with Gasteiger partial charge in [0.2, 0.25) is 0 Å². The van der Waals surface area contributed by atoms with Crippen molar-refractivity contribution in [3.05, 3.63) is 109 Å². The highest BCUT2D eigenvalue weighted by molar-refractivity contribution is 5.71. The van der Waals surface area contributed by atoms with E-state index < -0.39 is 6.10 Å². The highest BCUT2D eigenvalue weighted by Gasteiger charge is 2.19. The Morgan fingerprint density at radius 1 is 0.253 bits per heavy atom. The molecule has 0 N–H and O–H groups in total. The summed E-state index contributed by atoms with van der Waals surface area (Å²) in [7, 11) is 0. The number of carbonyl (C=O) groups excluding carboxylic acids is 3. The van der Waals surface area contributed by atoms with Crippen molar-refractivity contribution in [2.24, 2.45) is 0 Å². The molecule has 0 aliphatic rings. The monoisotopic (exact) mass is 1150 g/mol. The van der Waals surface area contributed by atoms with Crippen LogP contribution in [0.2, 0.25) is 0 Å². The molecule has 0 spiro atoms. The highest BCUT2D eigenvalue weighted by atomic mass is 16.6. The SMILES string of the molecule is CC/C=C\C/C=C\C/C=C\C/C=C\C/C=C\C/C=C\C/C=C\C/C=C\CCCCC(=O)OCC(COC(=O)CCCCCCC/C=C\CCCCCCCCC)OC(=O)CCCCCCCCCCCCCCCCCCCCCCCC. The molecule has 1 unspecified atom stereocenters. The summed E-state index contributed by atoms with van der Waals surface area (Å²) in [4.78, 5) is 38.5. The summed E-state index contributed by atoms with van der Waals surface area (Å²) >= 11 is 0. The molecule has 0 heterocycles. The number of carbonyl (C=O) groups is 3. The van der Waals surface area contributed by atoms with Crippen LogP contribution in [0.1, 0.15) is 342 Å². The maximum Gasteiger partial charge on any atom is 0.306 e. The Morgan fingerprint density at radius 3 is 0.771 bits per heavy atom. The van der Waals surface area contributed by atoms with Crippen LogP contribution < -0.4 is 0 Å². The Balaban J connectivity index is 4.43. The molecule has 0 bridgehead atoms. The summed E-state index contributed by atoms with van der Waals surface area (Å²) in [5, 5.41) is 0. The number of ether oxygens (including phenoxy) is 3. The molecule has 0 radical (unpaired) electrons. The van der Waals surface area contributed by atoms with Crippen molar-refractivity contribution in [1.29, 1.82) is 0 Å². The van der Waals surface area contributed by atoms with E-state index in [9.17, 15) is 14.4 Å². The maximum absolute atomic E-state index is 13.0. The molecule has 476 valence electrons. The molecule has 1 atom stereocenters. The molecule has 0 aliphatic carbocycles. The van der Waals surface area contributed by atoms with Crippen molar-refractivity contribution < 1.29 is 28.6 Å². The Morgan fingerprint density at radius 2 is 0.470 bits per heavy atom. The van der Waals surface area contributed by atoms with Crippen molar-refractivity contribution in [2.45, 2.75) is 348 Å². The van der Waals surface area contributed by atoms with Crippen molar-refractivity contribution >= 4 is 17.9 Å². The van der Waals surface area contributed by atoms with Crippen LogP contribution in [0.15, 0.2) is 109 Å². The van der Waals surface area contributed by atoms with E-state index in [1.165, 1.54) is 186 Å². The van der Waals surface area contributed by atoms with Crippen molar-refractivity contribution in [1.82, 2.24) is 0 Å². The third kappa shape index (κ3) is 68.7. The van der Waals surface area contributed by atoms with Gasteiger partial charge in [0.25, 0.3) is 0 Å². The van der Waals surface area contributed by atoms with E-state index in [2.05, 4.69) is 130 Å². The normalized spacial score (nSPS) is 12.8. The molecule has 6 heteroatoms. The molecule has 0 aromatic carbocycles. The summed E-state index contributed by atoms with van der Waals surface area (Å²) in [5.41, 5.74) is 0. The average molecular weight is 1150 g/mol. The second kappa shape index (κ2) is 70.6. The predicted octanol–water partition coefficient (Wildman–Crippen LogP) is 24.6. The molecule has 0 aliphatic heterocycles. The third-order valence-corrected chi connectivity index (χ3v) is 15.3. The molecule has 83 heavy (non-hydrogen) atoms. The number of allylic oxidation sites excluding steroid dienone is 18. The van der Waals surface area contributed by atoms with Gasteiger partial charge >= 0.3 is 17.9 Å². The molecule has 0 amide bonds. The first-order chi connectivity index (χ1) is 41.0. The lowest BCUT2D eigenvalue weighted by Gasteiger charge is -2.18. The van der Waals surface area contributed by atoms with E-state index >= 15 is 0 Å². The molecular weight excluding hydrogens is 1020 g/mol. The lowest BCUT2D eigenvalue weighted by molar-refractivity contribution is -0.167. The molecular formula is C77H132O6. The van der Waals surface area contributed by atoms with E-state index in [-0.39, 0.29) is 31.1 Å². The number of unbranched alkanes of at least 4 members (excludes halogenated alkanes) is 35. The van der Waals surface area contributed by atoms with Gasteiger partial charge in [0.15, 0.2) is 6.10 Å². The first-order valence-electron chi connectivity index (χ1n) is 35.4. The van der Waals surface area contributed by atoms with Gasteiger partial charge in [-0.2, -0.15) is 0 Å². The summed E-state index contributed by atoms with van der Waals surface area (Å²) in [6, 6.07) is 0. The van der Waals surface area contributed by atoms with E-state index in [1.807, 2.05) is 0 Å². The summed E-state index contributed by atoms with van der Waals surface area (Å²) in [5.74, 6) is -0.932. The molecule has 0 fully saturated rings. The minimum Gasteiger partial charge on any atom is -0.462 e. The fraction of sp³-hybridized carbons (Fsp3) is 0.727. The molecule has 0 aromatic rings. The fourth-order valence-electron chi connectivity index (χ4n) is 9.99. The first kappa shape index (κ1) is 79.1. The van der Waals surface area contributed by atoms with Crippen LogP contribution in [-0.2, 0) is 28.6 Å². The smallest absolute Gasteiger partial charge is 0.306 e. The van der Waals surface area contributed by atoms with Gasteiger partial charge in [0.05, 0.1) is 0 Å². The van der Waals surface area contributed by atoms with Crippen LogP contribution in [-0.4, -0.2) is 37.2 Å². The lowest BCUT2D eigenvalue weighted by atomic mass is 10.0. The zero-order chi connectivity index (χ0) is 59.9. The van der Waals surface area contributed by atoms with E-state index in [4.69, 9.17) is 14.2 Å². The van der Waals surface area contributed by atoms with Gasteiger partial charge in [-0.1, -0.05) is 323 Å². The van der Waals surface area contributed by atoms with Gasteiger partial charge in [-0.3, -0.25) is 14.4 Å². The average Bonchev–Trinajstić information content (AvgIpc) is 3.49. The van der Waals surface area contributed by atoms with Crippen LogP contribution in [0.4, 0.5) is 0 Å². The highest BCUT2D eigenvalue weighted by Crippen LogP contribution is 2.17. The summed E-state index contributed by atoms with van der Waals surface area (Å²) in [6.07, 6.45) is 96.8. The topological polar surface area (TPSA) is 78.9 Å². The van der Waals surface area contributed by atoms with E-state index in [0.717, 1.165) is 116 Å². The van der Waals surface area contributed by atoms with Crippen LogP contribution in [0.25, 0.3) is 0 Å². The quantitative estimate of drug-likeness (QED) is 0.0261. The third-order valence-electron chi connectivity index (χ3n) is 15.3. The minimum absolute atomic E-state index is 0.0942. The van der Waals surface area contributed by atoms with Crippen LogP contribution in [0.3, 0.4) is 0 Å². The van der Waals surface area contributed by atoms with Crippen molar-refractivity contribution in [3.8, 4) is 0 Å². The molecule has 0 aromatic heterocycles. The maximum atomic E-state index is 13.0. The second-order valence-corrected chi connectivity index (χ2v) is 23.4. The fourth-order valence-corrected chi connectivity index (χ4v) is 9.99. The number of esters is 3. The summed E-state index contributed by atoms with van der Waals surface area (Å²) < 4.78 is 17.0. The zero-order valence-electron chi connectivity index (χ0n) is 54.7. The molecule has 0 saturated carbocycles. The van der Waals surface area contributed by atoms with Crippen LogP contribution in [0.5, 0.6) is 0 Å². The summed E-state index contributed by atoms with van der Waals surface area (Å²) in [6.45, 7) is 6.53. The Hall–Kier alpha value is -3.93. The number of hydrogen-bond donors (Lipinski definition) is 0. The Bertz CT molecular complexity index is 1660. The van der Waals surface area contributed by atoms with E-state index in [0.29, 0.717) is 19.3 Å². The van der Waals surface area contributed by atoms with Gasteiger partial charge in [-0.25, -0.2) is 0 Å². The largest absolute Gasteiger partial charge is 0.462 e. The zero-order valence-corrected chi connectivity index (χ0v) is 54.7. The van der Waals surface area contributed by atoms with Crippen molar-refractivity contribution in [3.63, 3.8) is 0 Å². The van der Waals surface area contributed by atoms with Gasteiger partial charge < -0.3 is 14.2 Å². The molecule has 0 saturated heterocycles. The number of rotatable bonds is 64. The van der Waals surface area contributed by atoms with Gasteiger partial charge in [-0.15, -0.1) is 0 Å². The molecule has 6 nitrogen and oxygen atoms in total. The second-order valence-electron chi connectivity index (χ2n) is 23.4. The lowest BCUT2D eigenvalue weighted by Crippen LogP contribution is -2.30. The first-order valence-corrected chi connectivity index (χ1v) is 35.4. The minimum atomic E-state index is -0.802. The van der Waals surface area contributed by atoms with Gasteiger partial charge in [0, 0.05) is 19.3 Å². The van der Waals surface area contributed by atoms with E-state index in [1.54, 1.807) is 0 Å². The number of hydrogen-bond acceptors (Lipinski definition) is 6. The Kier molecular flexibility index (Phi) is 67.2. The van der Waals surface area contributed by atoms with Crippen LogP contribution >= 0.6 is 0 Å². The van der Waals surface area contributed by atoms with Gasteiger partial charge in [0.1, 0.15) is 13.2 Å². The standard InChI is InChI=1S/C77H132O6/c1-4-7-10-13-16-19-22-25-28-31-33-35-37-38-39-40-41-43-44-46-49-52-55-58-61-64-67-70-76(79)82-73-74(72-81-75(78)69-66-63-60-57-54-51-48-30-27-24-21-18-15-12-9-6-3)83-77(80)71-68-65-62-59-56-53-50-47-45-42-36-34-32-29-26-23-20-17-14-11-8-5-2/h7,10,16,19,25,28,30,33,35,38-39,41,43,46,48-49,55,58,74H,4-6,8-9,11-15,17-18,20-24,26-27,29,31-32,34,36-37,40,42,44-45,47,50-54,56-57,59-73H2,1-3H3/b10-7-,19-16-,28-25-,35-33-,39-38-,43-41-,48-30-,49-46-,58-55-. The Labute approximate surface area is 514 Å².